The third-order valence-electron chi connectivity index (χ3n) is 1.70. The largest absolute Gasteiger partial charge is 0.378 e. The van der Waals surface area contributed by atoms with Crippen LogP contribution >= 0.6 is 0 Å². The number of nitrogens with one attached hydrogen (secondary N) is 1. The molecule has 0 bridgehead atoms. The van der Waals surface area contributed by atoms with Crippen molar-refractivity contribution in [2.24, 2.45) is 0 Å². The molecule has 0 aromatic heterocycles. The fourth-order valence-electron chi connectivity index (χ4n) is 1.04. The predicted octanol–water partition coefficient (Wildman–Crippen LogP) is -1.00. The standard InChI is InChI=1S/C7H14N2O3/c1-8-12-6-7(10)9-2-4-11-5-3-9/h8H,2-6H2,1H3. The van der Waals surface area contributed by atoms with E-state index in [9.17, 15) is 4.79 Å². The summed E-state index contributed by atoms with van der Waals surface area (Å²) >= 11 is 0. The van der Waals surface area contributed by atoms with Gasteiger partial charge in [0.1, 0.15) is 6.61 Å². The molecule has 5 heteroatoms. The number of nitrogens with zero attached hydrogens (tertiary/aromatic N) is 1. The summed E-state index contributed by atoms with van der Waals surface area (Å²) in [5.41, 5.74) is 2.46. The van der Waals surface area contributed by atoms with Crippen LogP contribution in [0.5, 0.6) is 0 Å². The van der Waals surface area contributed by atoms with E-state index in [1.54, 1.807) is 11.9 Å². The zero-order chi connectivity index (χ0) is 8.81. The van der Waals surface area contributed by atoms with E-state index in [0.717, 1.165) is 0 Å². The van der Waals surface area contributed by atoms with Gasteiger partial charge in [-0.3, -0.25) is 9.63 Å². The van der Waals surface area contributed by atoms with E-state index in [1.165, 1.54) is 0 Å². The van der Waals surface area contributed by atoms with Gasteiger partial charge in [0.05, 0.1) is 13.2 Å². The molecule has 0 radical (unpaired) electrons. The molecule has 1 fully saturated rings. The van der Waals surface area contributed by atoms with E-state index in [0.29, 0.717) is 26.3 Å². The van der Waals surface area contributed by atoms with Crippen LogP contribution in [0.1, 0.15) is 0 Å². The first-order valence-corrected chi connectivity index (χ1v) is 3.98. The molecule has 0 aromatic rings. The van der Waals surface area contributed by atoms with Crippen LogP contribution in [-0.2, 0) is 14.4 Å². The Hall–Kier alpha value is -0.650. The Morgan fingerprint density at radius 2 is 2.25 bits per heavy atom. The Bertz CT molecular complexity index is 146. The Balaban J connectivity index is 2.20. The van der Waals surface area contributed by atoms with Crippen LogP contribution in [0.25, 0.3) is 0 Å². The Morgan fingerprint density at radius 1 is 1.58 bits per heavy atom. The van der Waals surface area contributed by atoms with Crippen molar-refractivity contribution >= 4 is 5.91 Å². The normalized spacial score (nSPS) is 17.9. The summed E-state index contributed by atoms with van der Waals surface area (Å²) in [6.45, 7) is 2.70. The van der Waals surface area contributed by atoms with E-state index in [4.69, 9.17) is 9.57 Å². The molecule has 0 aromatic carbocycles. The minimum absolute atomic E-state index is 0.00708. The third kappa shape index (κ3) is 2.77. The van der Waals surface area contributed by atoms with Gasteiger partial charge in [-0.2, -0.15) is 0 Å². The minimum atomic E-state index is 0.00708. The zero-order valence-corrected chi connectivity index (χ0v) is 7.21. The number of amides is 1. The Kier molecular flexibility index (Phi) is 3.99. The molecule has 5 nitrogen and oxygen atoms in total. The third-order valence-corrected chi connectivity index (χ3v) is 1.70. The van der Waals surface area contributed by atoms with Crippen molar-refractivity contribution < 1.29 is 14.4 Å². The van der Waals surface area contributed by atoms with E-state index < -0.39 is 0 Å². The maximum absolute atomic E-state index is 11.3. The monoisotopic (exact) mass is 174 g/mol. The van der Waals surface area contributed by atoms with Crippen molar-refractivity contribution in [2.75, 3.05) is 40.0 Å². The second-order valence-electron chi connectivity index (χ2n) is 2.49. The second kappa shape index (κ2) is 5.08. The molecule has 1 rings (SSSR count). The average Bonchev–Trinajstić information content (AvgIpc) is 2.15. The number of rotatable bonds is 3. The SMILES string of the molecule is CNOCC(=O)N1CCOCC1. The lowest BCUT2D eigenvalue weighted by atomic mass is 10.4. The molecule has 0 aliphatic carbocycles. The van der Waals surface area contributed by atoms with Gasteiger partial charge in [0.25, 0.3) is 5.91 Å². The van der Waals surface area contributed by atoms with Crippen molar-refractivity contribution in [1.29, 1.82) is 0 Å². The number of hydrogen-bond donors (Lipinski definition) is 1. The van der Waals surface area contributed by atoms with Crippen LogP contribution in [0.15, 0.2) is 0 Å². The van der Waals surface area contributed by atoms with Crippen molar-refractivity contribution in [1.82, 2.24) is 10.4 Å². The summed E-state index contributed by atoms with van der Waals surface area (Å²) in [6.07, 6.45) is 0. The highest BCUT2D eigenvalue weighted by atomic mass is 16.6. The van der Waals surface area contributed by atoms with Crippen LogP contribution in [0.4, 0.5) is 0 Å². The van der Waals surface area contributed by atoms with Gasteiger partial charge in [-0.05, 0) is 0 Å². The molecule has 1 heterocycles. The summed E-state index contributed by atoms with van der Waals surface area (Å²) < 4.78 is 5.10. The van der Waals surface area contributed by atoms with Crippen molar-refractivity contribution in [3.05, 3.63) is 0 Å². The number of carbonyl (C=O) groups excluding carboxylic acids is 1. The summed E-state index contributed by atoms with van der Waals surface area (Å²) in [6, 6.07) is 0. The maximum Gasteiger partial charge on any atom is 0.250 e. The molecule has 0 saturated carbocycles. The van der Waals surface area contributed by atoms with Crippen LogP contribution < -0.4 is 5.48 Å². The zero-order valence-electron chi connectivity index (χ0n) is 7.21. The quantitative estimate of drug-likeness (QED) is 0.557. The van der Waals surface area contributed by atoms with Gasteiger partial charge in [0.2, 0.25) is 0 Å². The molecule has 0 spiro atoms. The van der Waals surface area contributed by atoms with E-state index in [1.807, 2.05) is 0 Å². The summed E-state index contributed by atoms with van der Waals surface area (Å²) in [7, 11) is 1.63. The van der Waals surface area contributed by atoms with Gasteiger partial charge in [-0.25, -0.2) is 5.48 Å². The number of hydroxylamine groups is 1. The maximum atomic E-state index is 11.3. The number of morpholine rings is 1. The number of ether oxygens (including phenoxy) is 1. The molecule has 1 aliphatic rings. The fraction of sp³-hybridized carbons (Fsp3) is 0.857. The minimum Gasteiger partial charge on any atom is -0.378 e. The number of carbonyl (C=O) groups is 1. The smallest absolute Gasteiger partial charge is 0.250 e. The highest BCUT2D eigenvalue weighted by molar-refractivity contribution is 5.77. The second-order valence-corrected chi connectivity index (χ2v) is 2.49. The molecule has 70 valence electrons. The van der Waals surface area contributed by atoms with Crippen LogP contribution in [0, 0.1) is 0 Å². The summed E-state index contributed by atoms with van der Waals surface area (Å²) in [5, 5.41) is 0. The van der Waals surface area contributed by atoms with Crippen LogP contribution in [-0.4, -0.2) is 50.8 Å². The molecular formula is C7H14N2O3. The Labute approximate surface area is 71.6 Å². The van der Waals surface area contributed by atoms with Crippen molar-refractivity contribution in [3.63, 3.8) is 0 Å². The molecule has 1 saturated heterocycles. The molecule has 1 N–H and O–H groups in total. The first kappa shape index (κ1) is 9.44. The molecule has 1 aliphatic heterocycles. The highest BCUT2D eigenvalue weighted by Crippen LogP contribution is 1.96. The number of hydrogen-bond acceptors (Lipinski definition) is 4. The van der Waals surface area contributed by atoms with Gasteiger partial charge >= 0.3 is 0 Å². The summed E-state index contributed by atoms with van der Waals surface area (Å²) in [5.74, 6) is 0.00708. The van der Waals surface area contributed by atoms with Gasteiger partial charge in [-0.15, -0.1) is 0 Å². The van der Waals surface area contributed by atoms with Crippen molar-refractivity contribution in [3.8, 4) is 0 Å². The average molecular weight is 174 g/mol. The predicted molar refractivity (Wildman–Crippen MR) is 42.4 cm³/mol. The molecule has 0 unspecified atom stereocenters. The lowest BCUT2D eigenvalue weighted by Crippen LogP contribution is -2.43. The topological polar surface area (TPSA) is 50.8 Å². The van der Waals surface area contributed by atoms with E-state index in [2.05, 4.69) is 5.48 Å². The fourth-order valence-corrected chi connectivity index (χ4v) is 1.04. The van der Waals surface area contributed by atoms with Gasteiger partial charge in [0.15, 0.2) is 0 Å². The Morgan fingerprint density at radius 3 is 2.83 bits per heavy atom. The molecular weight excluding hydrogens is 160 g/mol. The summed E-state index contributed by atoms with van der Waals surface area (Å²) in [4.78, 5) is 17.8. The van der Waals surface area contributed by atoms with Crippen LogP contribution in [0.3, 0.4) is 0 Å². The lowest BCUT2D eigenvalue weighted by Gasteiger charge is -2.26. The van der Waals surface area contributed by atoms with E-state index in [-0.39, 0.29) is 12.5 Å². The molecule has 12 heavy (non-hydrogen) atoms. The van der Waals surface area contributed by atoms with Crippen LogP contribution in [0.2, 0.25) is 0 Å². The first-order chi connectivity index (χ1) is 5.84. The highest BCUT2D eigenvalue weighted by Gasteiger charge is 2.16. The first-order valence-electron chi connectivity index (χ1n) is 3.98. The molecule has 0 atom stereocenters. The lowest BCUT2D eigenvalue weighted by molar-refractivity contribution is -0.142. The van der Waals surface area contributed by atoms with Gasteiger partial charge < -0.3 is 9.64 Å². The molecule has 1 amide bonds. The van der Waals surface area contributed by atoms with Gasteiger partial charge in [-0.1, -0.05) is 0 Å². The van der Waals surface area contributed by atoms with E-state index >= 15 is 0 Å². The van der Waals surface area contributed by atoms with Crippen molar-refractivity contribution in [2.45, 2.75) is 0 Å². The van der Waals surface area contributed by atoms with Gasteiger partial charge in [0, 0.05) is 20.1 Å².